The number of hydrogen-bond acceptors (Lipinski definition) is 0. The summed E-state index contributed by atoms with van der Waals surface area (Å²) in [6.07, 6.45) is 2.93. The van der Waals surface area contributed by atoms with Gasteiger partial charge in [-0.1, -0.05) is 49.7 Å². The Bertz CT molecular complexity index is 1090. The second-order valence-corrected chi connectivity index (χ2v) is 7.81. The molecule has 3 aromatic rings. The average molecular weight is 416 g/mol. The third-order valence-corrected chi connectivity index (χ3v) is 5.93. The fraction of sp³-hybridized carbons (Fsp3) is 0.280. The minimum absolute atomic E-state index is 0.0144. The van der Waals surface area contributed by atoms with Crippen molar-refractivity contribution in [3.05, 3.63) is 93.8 Å². The molecule has 0 N–H and O–H groups in total. The molecule has 0 aliphatic heterocycles. The molecule has 4 rings (SSSR count). The van der Waals surface area contributed by atoms with Crippen molar-refractivity contribution < 1.29 is 22.0 Å². The molecule has 30 heavy (non-hydrogen) atoms. The lowest BCUT2D eigenvalue weighted by Crippen LogP contribution is -2.18. The summed E-state index contributed by atoms with van der Waals surface area (Å²) in [6, 6.07) is 11.1. The fourth-order valence-corrected chi connectivity index (χ4v) is 4.36. The van der Waals surface area contributed by atoms with Crippen LogP contribution in [0.25, 0.3) is 11.1 Å². The van der Waals surface area contributed by atoms with E-state index < -0.39 is 40.2 Å². The lowest BCUT2D eigenvalue weighted by molar-refractivity contribution is 0.456. The standard InChI is InChI=1S/C25H21F5/c1-2-4-14-7-9-15(10-8-14)16-11-12-17-19(13-16)24(29)25(30)21(23(17)28)18-5-3-6-20(26)22(18)27/h3,5-10,16H,2,4,11-13H2,1H3. The monoisotopic (exact) mass is 416 g/mol. The third-order valence-electron chi connectivity index (χ3n) is 5.93. The normalized spacial score (nSPS) is 15.9. The van der Waals surface area contributed by atoms with Gasteiger partial charge in [-0.25, -0.2) is 22.0 Å². The molecular formula is C25H21F5. The first-order valence-corrected chi connectivity index (χ1v) is 10.1. The van der Waals surface area contributed by atoms with Crippen LogP contribution in [-0.2, 0) is 19.3 Å². The van der Waals surface area contributed by atoms with Gasteiger partial charge in [-0.05, 0) is 59.9 Å². The maximum atomic E-state index is 15.2. The van der Waals surface area contributed by atoms with E-state index in [1.807, 2.05) is 24.3 Å². The molecule has 0 aromatic heterocycles. The van der Waals surface area contributed by atoms with Gasteiger partial charge in [0.05, 0.1) is 5.56 Å². The van der Waals surface area contributed by atoms with E-state index in [9.17, 15) is 17.6 Å². The van der Waals surface area contributed by atoms with Crippen LogP contribution >= 0.6 is 0 Å². The summed E-state index contributed by atoms with van der Waals surface area (Å²) in [6.45, 7) is 2.10. The Balaban J connectivity index is 1.73. The van der Waals surface area contributed by atoms with Gasteiger partial charge in [-0.2, -0.15) is 0 Å². The highest BCUT2D eigenvalue weighted by Gasteiger charge is 2.32. The lowest BCUT2D eigenvalue weighted by Gasteiger charge is -2.27. The second kappa shape index (κ2) is 8.21. The van der Waals surface area contributed by atoms with Crippen molar-refractivity contribution in [2.75, 3.05) is 0 Å². The topological polar surface area (TPSA) is 0 Å². The highest BCUT2D eigenvalue weighted by molar-refractivity contribution is 5.68. The average Bonchev–Trinajstić information content (AvgIpc) is 2.75. The number of rotatable bonds is 4. The molecule has 0 nitrogen and oxygen atoms in total. The fourth-order valence-electron chi connectivity index (χ4n) is 4.36. The van der Waals surface area contributed by atoms with E-state index in [0.29, 0.717) is 6.42 Å². The van der Waals surface area contributed by atoms with Gasteiger partial charge in [0, 0.05) is 5.56 Å². The van der Waals surface area contributed by atoms with Crippen LogP contribution in [0.2, 0.25) is 0 Å². The molecule has 0 spiro atoms. The number of benzene rings is 3. The molecule has 1 unspecified atom stereocenters. The minimum atomic E-state index is -1.48. The molecule has 1 atom stereocenters. The summed E-state index contributed by atoms with van der Waals surface area (Å²) in [7, 11) is 0. The van der Waals surface area contributed by atoms with E-state index in [1.54, 1.807) is 0 Å². The van der Waals surface area contributed by atoms with E-state index in [0.717, 1.165) is 36.6 Å². The quantitative estimate of drug-likeness (QED) is 0.310. The van der Waals surface area contributed by atoms with Crippen molar-refractivity contribution >= 4 is 0 Å². The van der Waals surface area contributed by atoms with Gasteiger partial charge in [0.1, 0.15) is 5.82 Å². The highest BCUT2D eigenvalue weighted by Crippen LogP contribution is 2.41. The van der Waals surface area contributed by atoms with Crippen LogP contribution in [0.15, 0.2) is 42.5 Å². The van der Waals surface area contributed by atoms with Gasteiger partial charge in [-0.15, -0.1) is 0 Å². The molecule has 0 saturated carbocycles. The lowest BCUT2D eigenvalue weighted by atomic mass is 9.78. The number of fused-ring (bicyclic) bond motifs is 1. The summed E-state index contributed by atoms with van der Waals surface area (Å²) >= 11 is 0. The van der Waals surface area contributed by atoms with Crippen LogP contribution in [0.3, 0.4) is 0 Å². The van der Waals surface area contributed by atoms with Crippen LogP contribution < -0.4 is 0 Å². The zero-order valence-corrected chi connectivity index (χ0v) is 16.5. The number of hydrogen-bond donors (Lipinski definition) is 0. The Morgan fingerprint density at radius 1 is 0.800 bits per heavy atom. The molecule has 5 heteroatoms. The summed E-state index contributed by atoms with van der Waals surface area (Å²) in [4.78, 5) is 0. The third kappa shape index (κ3) is 3.51. The first-order valence-electron chi connectivity index (χ1n) is 10.1. The van der Waals surface area contributed by atoms with Crippen molar-refractivity contribution in [3.63, 3.8) is 0 Å². The van der Waals surface area contributed by atoms with Crippen LogP contribution in [0, 0.1) is 29.1 Å². The van der Waals surface area contributed by atoms with Crippen molar-refractivity contribution in [3.8, 4) is 11.1 Å². The van der Waals surface area contributed by atoms with Gasteiger partial charge in [0.2, 0.25) is 0 Å². The summed E-state index contributed by atoms with van der Waals surface area (Å²) in [5, 5.41) is 0. The van der Waals surface area contributed by atoms with E-state index in [4.69, 9.17) is 0 Å². The Kier molecular flexibility index (Phi) is 5.63. The summed E-state index contributed by atoms with van der Waals surface area (Å²) in [5.41, 5.74) is 0.792. The highest BCUT2D eigenvalue weighted by atomic mass is 19.2. The van der Waals surface area contributed by atoms with Crippen molar-refractivity contribution in [1.82, 2.24) is 0 Å². The number of halogens is 5. The largest absolute Gasteiger partial charge is 0.206 e. The van der Waals surface area contributed by atoms with Gasteiger partial charge in [-0.3, -0.25) is 0 Å². The molecule has 0 amide bonds. The van der Waals surface area contributed by atoms with E-state index in [2.05, 4.69) is 6.92 Å². The Morgan fingerprint density at radius 3 is 2.23 bits per heavy atom. The number of aryl methyl sites for hydroxylation is 1. The zero-order valence-electron chi connectivity index (χ0n) is 16.5. The molecule has 1 aliphatic rings. The molecule has 3 aromatic carbocycles. The second-order valence-electron chi connectivity index (χ2n) is 7.81. The zero-order chi connectivity index (χ0) is 21.4. The molecule has 0 heterocycles. The van der Waals surface area contributed by atoms with Gasteiger partial charge < -0.3 is 0 Å². The van der Waals surface area contributed by atoms with Crippen molar-refractivity contribution in [2.45, 2.75) is 44.9 Å². The van der Waals surface area contributed by atoms with Gasteiger partial charge in [0.25, 0.3) is 0 Å². The SMILES string of the molecule is CCCc1ccc(C2CCc3c(F)c(-c4cccc(F)c4F)c(F)c(F)c3C2)cc1. The van der Waals surface area contributed by atoms with Crippen LogP contribution in [0.4, 0.5) is 22.0 Å². The van der Waals surface area contributed by atoms with E-state index in [1.165, 1.54) is 5.56 Å². The van der Waals surface area contributed by atoms with E-state index in [-0.39, 0.29) is 29.9 Å². The molecular weight excluding hydrogens is 395 g/mol. The Morgan fingerprint density at radius 2 is 1.53 bits per heavy atom. The van der Waals surface area contributed by atoms with Crippen molar-refractivity contribution in [2.24, 2.45) is 0 Å². The van der Waals surface area contributed by atoms with Crippen molar-refractivity contribution in [1.29, 1.82) is 0 Å². The van der Waals surface area contributed by atoms with Crippen LogP contribution in [0.1, 0.15) is 47.9 Å². The predicted octanol–water partition coefficient (Wildman–Crippen LogP) is 7.27. The predicted molar refractivity (Wildman–Crippen MR) is 107 cm³/mol. The molecule has 0 radical (unpaired) electrons. The Hall–Kier alpha value is -2.69. The van der Waals surface area contributed by atoms with Gasteiger partial charge >= 0.3 is 0 Å². The van der Waals surface area contributed by atoms with E-state index >= 15 is 4.39 Å². The smallest absolute Gasteiger partial charge is 0.169 e. The van der Waals surface area contributed by atoms with Gasteiger partial charge in [0.15, 0.2) is 23.3 Å². The minimum Gasteiger partial charge on any atom is -0.206 e. The summed E-state index contributed by atoms with van der Waals surface area (Å²) < 4.78 is 72.6. The van der Waals surface area contributed by atoms with Crippen LogP contribution in [0.5, 0.6) is 0 Å². The van der Waals surface area contributed by atoms with Crippen LogP contribution in [-0.4, -0.2) is 0 Å². The Labute approximate surface area is 172 Å². The molecule has 1 aliphatic carbocycles. The molecule has 0 bridgehead atoms. The molecule has 0 saturated heterocycles. The maximum absolute atomic E-state index is 15.2. The first kappa shape index (κ1) is 20.6. The maximum Gasteiger partial charge on any atom is 0.169 e. The first-order chi connectivity index (χ1) is 14.4. The molecule has 156 valence electrons. The molecule has 0 fully saturated rings. The summed E-state index contributed by atoms with van der Waals surface area (Å²) in [5.74, 6) is -6.36.